The van der Waals surface area contributed by atoms with Gasteiger partial charge < -0.3 is 9.67 Å². The topological polar surface area (TPSA) is 38.0 Å². The Balaban J connectivity index is 2.24. The number of aliphatic hydroxyl groups excluding tert-OH is 1. The number of rotatable bonds is 2. The normalized spacial score (nSPS) is 18.6. The number of fused-ring (bicyclic) bond motifs is 1. The molecule has 0 aromatic carbocycles. The van der Waals surface area contributed by atoms with Crippen LogP contribution in [0.5, 0.6) is 0 Å². The summed E-state index contributed by atoms with van der Waals surface area (Å²) in [4.78, 5) is 4.45. The molecule has 1 N–H and O–H groups in total. The monoisotopic (exact) mass is 216 g/mol. The Hall–Kier alpha value is -1.35. The van der Waals surface area contributed by atoms with Gasteiger partial charge in [-0.3, -0.25) is 0 Å². The molecule has 3 rings (SSSR count). The minimum atomic E-state index is -0.0825. The lowest BCUT2D eigenvalue weighted by atomic mass is 9.77. The molecule has 0 radical (unpaired) electrons. The quantitative estimate of drug-likeness (QED) is 0.835. The maximum absolute atomic E-state index is 9.61. The predicted octanol–water partition coefficient (Wildman–Crippen LogP) is 2.22. The third kappa shape index (κ3) is 1.15. The molecule has 0 saturated heterocycles. The van der Waals surface area contributed by atoms with Crippen molar-refractivity contribution in [3.8, 4) is 0 Å². The molecular weight excluding hydrogens is 200 g/mol. The predicted molar refractivity (Wildman–Crippen MR) is 63.4 cm³/mol. The molecule has 0 atom stereocenters. The second kappa shape index (κ2) is 3.32. The SMILES string of the molecule is Cc1cn(C2(CO)CCC2)c2ncccc12. The maximum Gasteiger partial charge on any atom is 0.140 e. The summed E-state index contributed by atoms with van der Waals surface area (Å²) in [5, 5.41) is 10.8. The molecule has 0 aliphatic heterocycles. The van der Waals surface area contributed by atoms with Crippen molar-refractivity contribution in [3.63, 3.8) is 0 Å². The van der Waals surface area contributed by atoms with Crippen molar-refractivity contribution in [2.75, 3.05) is 6.61 Å². The lowest BCUT2D eigenvalue weighted by Gasteiger charge is -2.42. The molecule has 1 fully saturated rings. The lowest BCUT2D eigenvalue weighted by molar-refractivity contribution is 0.0588. The zero-order valence-corrected chi connectivity index (χ0v) is 9.48. The van der Waals surface area contributed by atoms with E-state index in [2.05, 4.69) is 28.7 Å². The molecule has 0 unspecified atom stereocenters. The van der Waals surface area contributed by atoms with E-state index >= 15 is 0 Å². The van der Waals surface area contributed by atoms with Gasteiger partial charge in [0, 0.05) is 17.8 Å². The zero-order valence-electron chi connectivity index (χ0n) is 9.48. The Morgan fingerprint density at radius 1 is 1.50 bits per heavy atom. The van der Waals surface area contributed by atoms with Gasteiger partial charge in [-0.1, -0.05) is 0 Å². The minimum Gasteiger partial charge on any atom is -0.394 e. The van der Waals surface area contributed by atoms with E-state index in [-0.39, 0.29) is 12.1 Å². The molecule has 1 saturated carbocycles. The van der Waals surface area contributed by atoms with Crippen LogP contribution in [0.4, 0.5) is 0 Å². The number of pyridine rings is 1. The first-order valence-electron chi connectivity index (χ1n) is 5.81. The first-order chi connectivity index (χ1) is 7.77. The number of aliphatic hydroxyl groups is 1. The highest BCUT2D eigenvalue weighted by molar-refractivity contribution is 5.80. The van der Waals surface area contributed by atoms with Crippen molar-refractivity contribution in [1.82, 2.24) is 9.55 Å². The minimum absolute atomic E-state index is 0.0825. The molecule has 2 heterocycles. The Morgan fingerprint density at radius 2 is 2.31 bits per heavy atom. The van der Waals surface area contributed by atoms with E-state index in [0.29, 0.717) is 0 Å². The van der Waals surface area contributed by atoms with E-state index in [1.165, 1.54) is 17.4 Å². The number of aromatic nitrogens is 2. The fraction of sp³-hybridized carbons (Fsp3) is 0.462. The summed E-state index contributed by atoms with van der Waals surface area (Å²) in [6.07, 6.45) is 7.27. The molecule has 0 bridgehead atoms. The average molecular weight is 216 g/mol. The van der Waals surface area contributed by atoms with E-state index < -0.39 is 0 Å². The van der Waals surface area contributed by atoms with Gasteiger partial charge in [0.25, 0.3) is 0 Å². The molecule has 2 aromatic heterocycles. The second-order valence-electron chi connectivity index (χ2n) is 4.79. The molecule has 1 aliphatic carbocycles. The van der Waals surface area contributed by atoms with Crippen LogP contribution in [0.1, 0.15) is 24.8 Å². The zero-order chi connectivity index (χ0) is 11.2. The second-order valence-corrected chi connectivity index (χ2v) is 4.79. The largest absolute Gasteiger partial charge is 0.394 e. The van der Waals surface area contributed by atoms with Crippen LogP contribution in [0.25, 0.3) is 11.0 Å². The van der Waals surface area contributed by atoms with Crippen LogP contribution in [0, 0.1) is 6.92 Å². The number of nitrogens with zero attached hydrogens (tertiary/aromatic N) is 2. The Bertz CT molecular complexity index is 520. The van der Waals surface area contributed by atoms with Gasteiger partial charge in [0.2, 0.25) is 0 Å². The van der Waals surface area contributed by atoms with Crippen LogP contribution in [0.2, 0.25) is 0 Å². The highest BCUT2D eigenvalue weighted by Crippen LogP contribution is 2.41. The van der Waals surface area contributed by atoms with Crippen molar-refractivity contribution in [2.45, 2.75) is 31.7 Å². The summed E-state index contributed by atoms with van der Waals surface area (Å²) in [5.41, 5.74) is 2.16. The highest BCUT2D eigenvalue weighted by Gasteiger charge is 2.39. The van der Waals surface area contributed by atoms with Gasteiger partial charge in [0.15, 0.2) is 0 Å². The van der Waals surface area contributed by atoms with Crippen molar-refractivity contribution in [1.29, 1.82) is 0 Å². The number of aryl methyl sites for hydroxylation is 1. The molecule has 3 nitrogen and oxygen atoms in total. The molecule has 2 aromatic rings. The van der Waals surface area contributed by atoms with Crippen molar-refractivity contribution < 1.29 is 5.11 Å². The summed E-state index contributed by atoms with van der Waals surface area (Å²) in [6.45, 7) is 2.32. The summed E-state index contributed by atoms with van der Waals surface area (Å²) >= 11 is 0. The van der Waals surface area contributed by atoms with Gasteiger partial charge >= 0.3 is 0 Å². The van der Waals surface area contributed by atoms with Crippen LogP contribution < -0.4 is 0 Å². The maximum atomic E-state index is 9.61. The fourth-order valence-corrected chi connectivity index (χ4v) is 2.64. The fourth-order valence-electron chi connectivity index (χ4n) is 2.64. The Morgan fingerprint density at radius 3 is 2.94 bits per heavy atom. The van der Waals surface area contributed by atoms with Crippen LogP contribution in [-0.4, -0.2) is 21.3 Å². The van der Waals surface area contributed by atoms with E-state index in [4.69, 9.17) is 0 Å². The molecular formula is C13H16N2O. The molecule has 16 heavy (non-hydrogen) atoms. The van der Waals surface area contributed by atoms with Gasteiger partial charge in [0.1, 0.15) is 5.65 Å². The first-order valence-corrected chi connectivity index (χ1v) is 5.81. The molecule has 0 amide bonds. The van der Waals surface area contributed by atoms with E-state index in [1.54, 1.807) is 0 Å². The molecule has 0 spiro atoms. The third-order valence-electron chi connectivity index (χ3n) is 3.85. The van der Waals surface area contributed by atoms with Crippen molar-refractivity contribution in [3.05, 3.63) is 30.1 Å². The smallest absolute Gasteiger partial charge is 0.140 e. The number of hydrogen-bond donors (Lipinski definition) is 1. The third-order valence-corrected chi connectivity index (χ3v) is 3.85. The van der Waals surface area contributed by atoms with E-state index in [1.807, 2.05) is 12.3 Å². The highest BCUT2D eigenvalue weighted by atomic mass is 16.3. The Kier molecular flexibility index (Phi) is 2.04. The first kappa shape index (κ1) is 9.85. The van der Waals surface area contributed by atoms with Gasteiger partial charge in [-0.2, -0.15) is 0 Å². The van der Waals surface area contributed by atoms with Crippen LogP contribution in [0.15, 0.2) is 24.5 Å². The molecule has 3 heteroatoms. The van der Waals surface area contributed by atoms with E-state index in [9.17, 15) is 5.11 Å². The van der Waals surface area contributed by atoms with Gasteiger partial charge in [-0.05, 0) is 43.9 Å². The van der Waals surface area contributed by atoms with Crippen LogP contribution >= 0.6 is 0 Å². The van der Waals surface area contributed by atoms with Gasteiger partial charge in [0.05, 0.1) is 12.1 Å². The van der Waals surface area contributed by atoms with Gasteiger partial charge in [-0.15, -0.1) is 0 Å². The summed E-state index contributed by atoms with van der Waals surface area (Å²) in [6, 6.07) is 4.06. The van der Waals surface area contributed by atoms with Gasteiger partial charge in [-0.25, -0.2) is 4.98 Å². The Labute approximate surface area is 94.7 Å². The standard InChI is InChI=1S/C13H16N2O/c1-10-8-15(13(9-16)5-3-6-13)12-11(10)4-2-7-14-12/h2,4,7-8,16H,3,5-6,9H2,1H3. The lowest BCUT2D eigenvalue weighted by Crippen LogP contribution is -2.43. The number of hydrogen-bond acceptors (Lipinski definition) is 2. The van der Waals surface area contributed by atoms with Crippen molar-refractivity contribution in [2.24, 2.45) is 0 Å². The average Bonchev–Trinajstić information content (AvgIpc) is 2.58. The summed E-state index contributed by atoms with van der Waals surface area (Å²) < 4.78 is 2.18. The van der Waals surface area contributed by atoms with Crippen LogP contribution in [0.3, 0.4) is 0 Å². The summed E-state index contributed by atoms with van der Waals surface area (Å²) in [5.74, 6) is 0. The molecule has 1 aliphatic rings. The summed E-state index contributed by atoms with van der Waals surface area (Å²) in [7, 11) is 0. The van der Waals surface area contributed by atoms with Crippen LogP contribution in [-0.2, 0) is 5.54 Å². The van der Waals surface area contributed by atoms with Crippen molar-refractivity contribution >= 4 is 11.0 Å². The van der Waals surface area contributed by atoms with E-state index in [0.717, 1.165) is 18.5 Å². The molecule has 84 valence electrons.